The third-order valence-electron chi connectivity index (χ3n) is 3.70. The highest BCUT2D eigenvalue weighted by Crippen LogP contribution is 2.33. The first-order chi connectivity index (χ1) is 10.5. The highest BCUT2D eigenvalue weighted by molar-refractivity contribution is 6.35. The summed E-state index contributed by atoms with van der Waals surface area (Å²) < 4.78 is 7.64. The molecular weight excluding hydrogens is 304 g/mol. The molecule has 5 nitrogen and oxygen atoms in total. The second-order valence-electron chi connectivity index (χ2n) is 5.48. The van der Waals surface area contributed by atoms with Gasteiger partial charge in [0.25, 0.3) is 5.91 Å². The van der Waals surface area contributed by atoms with Crippen LogP contribution in [0.2, 0.25) is 5.02 Å². The van der Waals surface area contributed by atoms with Crippen molar-refractivity contribution in [3.63, 3.8) is 0 Å². The molecule has 1 unspecified atom stereocenters. The van der Waals surface area contributed by atoms with Crippen LogP contribution in [0.4, 0.5) is 0 Å². The number of ether oxygens (including phenoxy) is 1. The molecule has 0 aliphatic carbocycles. The van der Waals surface area contributed by atoms with E-state index in [9.17, 15) is 9.59 Å². The molecule has 22 heavy (non-hydrogen) atoms. The molecule has 116 valence electrons. The van der Waals surface area contributed by atoms with Crippen molar-refractivity contribution in [1.29, 1.82) is 0 Å². The topological polar surface area (TPSA) is 60.3 Å². The summed E-state index contributed by atoms with van der Waals surface area (Å²) >= 11 is 6.20. The highest BCUT2D eigenvalue weighted by atomic mass is 35.5. The van der Waals surface area contributed by atoms with Crippen LogP contribution in [0.25, 0.3) is 10.9 Å². The Labute approximate surface area is 132 Å². The molecule has 1 aromatic heterocycles. The molecule has 1 N–H and O–H groups in total. The number of hydrogen-bond acceptors (Lipinski definition) is 3. The van der Waals surface area contributed by atoms with Crippen molar-refractivity contribution < 1.29 is 9.53 Å². The molecule has 1 amide bonds. The largest absolute Gasteiger partial charge is 0.487 e. The predicted molar refractivity (Wildman–Crippen MR) is 85.9 cm³/mol. The Balaban J connectivity index is 2.26. The number of amides is 1. The average molecular weight is 321 g/mol. The summed E-state index contributed by atoms with van der Waals surface area (Å²) in [5, 5.41) is 3.42. The van der Waals surface area contributed by atoms with Crippen molar-refractivity contribution in [2.75, 3.05) is 6.54 Å². The van der Waals surface area contributed by atoms with Crippen molar-refractivity contribution >= 4 is 28.4 Å². The highest BCUT2D eigenvalue weighted by Gasteiger charge is 2.24. The smallest absolute Gasteiger partial charge is 0.256 e. The molecule has 1 aliphatic rings. The summed E-state index contributed by atoms with van der Waals surface area (Å²) in [5.74, 6) is 0.258. The fraction of sp³-hybridized carbons (Fsp3) is 0.375. The summed E-state index contributed by atoms with van der Waals surface area (Å²) in [7, 11) is 0. The van der Waals surface area contributed by atoms with Gasteiger partial charge >= 0.3 is 0 Å². The molecule has 2 aromatic rings. The van der Waals surface area contributed by atoms with E-state index in [4.69, 9.17) is 16.3 Å². The van der Waals surface area contributed by atoms with Gasteiger partial charge in [0, 0.05) is 12.7 Å². The molecule has 1 aliphatic heterocycles. The van der Waals surface area contributed by atoms with Crippen LogP contribution >= 0.6 is 11.6 Å². The Morgan fingerprint density at radius 2 is 2.27 bits per heavy atom. The molecule has 0 spiro atoms. The maximum absolute atomic E-state index is 12.7. The van der Waals surface area contributed by atoms with Gasteiger partial charge in [0.05, 0.1) is 22.5 Å². The number of nitrogens with one attached hydrogen (secondary N) is 1. The van der Waals surface area contributed by atoms with Gasteiger partial charge < -0.3 is 14.6 Å². The van der Waals surface area contributed by atoms with Gasteiger partial charge in [-0.25, -0.2) is 0 Å². The lowest BCUT2D eigenvalue weighted by atomic mass is 10.1. The van der Waals surface area contributed by atoms with Gasteiger partial charge in [-0.05, 0) is 25.5 Å². The lowest BCUT2D eigenvalue weighted by Crippen LogP contribution is -2.33. The van der Waals surface area contributed by atoms with Crippen LogP contribution < -0.4 is 15.5 Å². The number of aromatic nitrogens is 1. The standard InChI is InChI=1S/C16H17ClN2O3/c1-3-6-18-16(21)10-8-19-7-9(2)22-12-5-4-11(17)13(14(12)19)15(10)20/h4-5,8-9H,3,6-7H2,1-2H3,(H,18,21). The lowest BCUT2D eigenvalue weighted by Gasteiger charge is -2.26. The number of carbonyl (C=O) groups is 1. The fourth-order valence-electron chi connectivity index (χ4n) is 2.73. The molecule has 0 bridgehead atoms. The van der Waals surface area contributed by atoms with Gasteiger partial charge in [0.2, 0.25) is 5.43 Å². The van der Waals surface area contributed by atoms with E-state index < -0.39 is 0 Å². The summed E-state index contributed by atoms with van der Waals surface area (Å²) in [6.07, 6.45) is 2.38. The van der Waals surface area contributed by atoms with Gasteiger partial charge in [0.15, 0.2) is 0 Å². The number of benzene rings is 1. The molecule has 0 saturated carbocycles. The monoisotopic (exact) mass is 320 g/mol. The van der Waals surface area contributed by atoms with Crippen molar-refractivity contribution in [2.45, 2.75) is 32.9 Å². The van der Waals surface area contributed by atoms with Crippen LogP contribution in [0, 0.1) is 0 Å². The van der Waals surface area contributed by atoms with Crippen LogP contribution in [0.15, 0.2) is 23.1 Å². The average Bonchev–Trinajstić information content (AvgIpc) is 2.49. The Morgan fingerprint density at radius 1 is 1.50 bits per heavy atom. The van der Waals surface area contributed by atoms with E-state index in [0.717, 1.165) is 6.42 Å². The SMILES string of the molecule is CCCNC(=O)c1cn2c3c(ccc(Cl)c3c1=O)OC(C)C2. The number of rotatable bonds is 3. The number of carbonyl (C=O) groups excluding carboxylic acids is 1. The minimum absolute atomic E-state index is 0.0362. The number of pyridine rings is 1. The molecule has 2 heterocycles. The fourth-order valence-corrected chi connectivity index (χ4v) is 2.97. The molecule has 6 heteroatoms. The maximum Gasteiger partial charge on any atom is 0.256 e. The van der Waals surface area contributed by atoms with Crippen LogP contribution in [-0.2, 0) is 6.54 Å². The molecule has 0 radical (unpaired) electrons. The van der Waals surface area contributed by atoms with Crippen molar-refractivity contribution in [3.05, 3.63) is 39.1 Å². The van der Waals surface area contributed by atoms with Gasteiger partial charge in [-0.3, -0.25) is 9.59 Å². The maximum atomic E-state index is 12.7. The molecule has 0 saturated heterocycles. The third-order valence-corrected chi connectivity index (χ3v) is 4.01. The first-order valence-electron chi connectivity index (χ1n) is 7.33. The Bertz CT molecular complexity index is 813. The summed E-state index contributed by atoms with van der Waals surface area (Å²) in [4.78, 5) is 24.9. The predicted octanol–water partition coefficient (Wildman–Crippen LogP) is 2.58. The van der Waals surface area contributed by atoms with Crippen molar-refractivity contribution in [1.82, 2.24) is 9.88 Å². The van der Waals surface area contributed by atoms with E-state index in [-0.39, 0.29) is 23.0 Å². The first-order valence-corrected chi connectivity index (χ1v) is 7.71. The molecule has 3 rings (SSSR count). The second-order valence-corrected chi connectivity index (χ2v) is 5.88. The van der Waals surface area contributed by atoms with Crippen LogP contribution in [0.1, 0.15) is 30.6 Å². The Hall–Kier alpha value is -2.01. The zero-order valence-electron chi connectivity index (χ0n) is 12.5. The van der Waals surface area contributed by atoms with Crippen LogP contribution in [-0.4, -0.2) is 23.1 Å². The first kappa shape index (κ1) is 14.9. The lowest BCUT2D eigenvalue weighted by molar-refractivity contribution is 0.0951. The number of hydrogen-bond donors (Lipinski definition) is 1. The molecule has 0 fully saturated rings. The summed E-state index contributed by atoms with van der Waals surface area (Å²) in [6.45, 7) is 5.00. The van der Waals surface area contributed by atoms with Gasteiger partial charge in [-0.1, -0.05) is 18.5 Å². The summed E-state index contributed by atoms with van der Waals surface area (Å²) in [5.41, 5.74) is 0.418. The summed E-state index contributed by atoms with van der Waals surface area (Å²) in [6, 6.07) is 3.39. The molecule has 1 atom stereocenters. The van der Waals surface area contributed by atoms with E-state index in [1.54, 1.807) is 18.3 Å². The second kappa shape index (κ2) is 5.65. The van der Waals surface area contributed by atoms with Crippen LogP contribution in [0.3, 0.4) is 0 Å². The minimum Gasteiger partial charge on any atom is -0.487 e. The van der Waals surface area contributed by atoms with Gasteiger partial charge in [-0.15, -0.1) is 0 Å². The zero-order chi connectivity index (χ0) is 15.9. The third kappa shape index (κ3) is 2.35. The quantitative estimate of drug-likeness (QED) is 0.945. The van der Waals surface area contributed by atoms with Gasteiger partial charge in [-0.2, -0.15) is 0 Å². The minimum atomic E-state index is -0.363. The zero-order valence-corrected chi connectivity index (χ0v) is 13.2. The molecular formula is C16H17ClN2O3. The normalized spacial score (nSPS) is 16.4. The van der Waals surface area contributed by atoms with Crippen molar-refractivity contribution in [2.24, 2.45) is 0 Å². The van der Waals surface area contributed by atoms with Gasteiger partial charge in [0.1, 0.15) is 17.4 Å². The van der Waals surface area contributed by atoms with Crippen LogP contribution in [0.5, 0.6) is 5.75 Å². The van der Waals surface area contributed by atoms with E-state index in [1.807, 2.05) is 18.4 Å². The Kier molecular flexibility index (Phi) is 3.83. The van der Waals surface area contributed by atoms with E-state index >= 15 is 0 Å². The number of halogens is 1. The van der Waals surface area contributed by atoms with Crippen molar-refractivity contribution in [3.8, 4) is 5.75 Å². The number of nitrogens with zero attached hydrogens (tertiary/aromatic N) is 1. The van der Waals surface area contributed by atoms with E-state index in [0.29, 0.717) is 34.8 Å². The van der Waals surface area contributed by atoms with E-state index in [1.165, 1.54) is 0 Å². The van der Waals surface area contributed by atoms with E-state index in [2.05, 4.69) is 5.32 Å². The Morgan fingerprint density at radius 3 is 3.00 bits per heavy atom. The molecule has 1 aromatic carbocycles.